The van der Waals surface area contributed by atoms with Crippen molar-refractivity contribution in [3.8, 4) is 5.75 Å². The minimum atomic E-state index is 0.407. The van der Waals surface area contributed by atoms with Gasteiger partial charge in [0.2, 0.25) is 0 Å². The van der Waals surface area contributed by atoms with Crippen LogP contribution in [0, 0.1) is 0 Å². The van der Waals surface area contributed by atoms with Crippen molar-refractivity contribution in [2.75, 3.05) is 12.3 Å². The first kappa shape index (κ1) is 13.8. The first-order valence-corrected chi connectivity index (χ1v) is 7.33. The van der Waals surface area contributed by atoms with Crippen molar-refractivity contribution in [2.24, 2.45) is 0 Å². The molecule has 2 heterocycles. The molecule has 0 spiro atoms. The quantitative estimate of drug-likeness (QED) is 0.717. The van der Waals surface area contributed by atoms with E-state index in [1.165, 1.54) is 6.33 Å². The molecule has 0 radical (unpaired) electrons. The molecule has 2 N–H and O–H groups in total. The minimum absolute atomic E-state index is 0.407. The lowest BCUT2D eigenvalue weighted by Crippen LogP contribution is -2.04. The Morgan fingerprint density at radius 1 is 1.14 bits per heavy atom. The van der Waals surface area contributed by atoms with E-state index in [9.17, 15) is 0 Å². The summed E-state index contributed by atoms with van der Waals surface area (Å²) < 4.78 is 8.68. The van der Waals surface area contributed by atoms with Gasteiger partial charge in [0.25, 0.3) is 0 Å². The number of benzene rings is 1. The Morgan fingerprint density at radius 2 is 1.95 bits per heavy atom. The number of anilines is 1. The van der Waals surface area contributed by atoms with E-state index >= 15 is 0 Å². The Bertz CT molecular complexity index is 741. The van der Waals surface area contributed by atoms with Gasteiger partial charge in [-0.3, -0.25) is 0 Å². The Balaban J connectivity index is 1.57. The van der Waals surface area contributed by atoms with Gasteiger partial charge < -0.3 is 15.0 Å². The molecule has 0 bridgehead atoms. The highest BCUT2D eigenvalue weighted by molar-refractivity contribution is 9.10. The number of halogens is 1. The van der Waals surface area contributed by atoms with E-state index in [-0.39, 0.29) is 0 Å². The van der Waals surface area contributed by atoms with Crippen molar-refractivity contribution < 1.29 is 4.74 Å². The number of ether oxygens (including phenoxy) is 1. The van der Waals surface area contributed by atoms with E-state index in [0.717, 1.165) is 28.8 Å². The Kier molecular flexibility index (Phi) is 4.01. The molecule has 21 heavy (non-hydrogen) atoms. The zero-order valence-corrected chi connectivity index (χ0v) is 12.8. The highest BCUT2D eigenvalue weighted by atomic mass is 79.9. The molecule has 0 amide bonds. The van der Waals surface area contributed by atoms with Crippen LogP contribution in [0.25, 0.3) is 11.2 Å². The number of aromatic nitrogens is 4. The standard InChI is InChI=1S/C14H14BrN5O/c15-10-2-4-11(5-3-10)21-7-1-6-20-9-19-12-13(16)17-8-18-14(12)20/h2-5,8-9H,1,6-7H2,(H2,16,17,18). The lowest BCUT2D eigenvalue weighted by Gasteiger charge is -2.07. The molecule has 0 aliphatic carbocycles. The number of hydrogen-bond donors (Lipinski definition) is 1. The highest BCUT2D eigenvalue weighted by Crippen LogP contribution is 2.17. The van der Waals surface area contributed by atoms with Crippen molar-refractivity contribution in [3.63, 3.8) is 0 Å². The van der Waals surface area contributed by atoms with E-state index < -0.39 is 0 Å². The Hall–Kier alpha value is -2.15. The number of fused-ring (bicyclic) bond motifs is 1. The van der Waals surface area contributed by atoms with Gasteiger partial charge in [-0.05, 0) is 30.7 Å². The molecule has 0 saturated carbocycles. The third-order valence-corrected chi connectivity index (χ3v) is 3.58. The lowest BCUT2D eigenvalue weighted by molar-refractivity contribution is 0.302. The van der Waals surface area contributed by atoms with Crippen LogP contribution in [0.15, 0.2) is 41.4 Å². The summed E-state index contributed by atoms with van der Waals surface area (Å²) in [6.07, 6.45) is 4.04. The van der Waals surface area contributed by atoms with Gasteiger partial charge in [0.05, 0.1) is 12.9 Å². The van der Waals surface area contributed by atoms with Crippen LogP contribution in [0.5, 0.6) is 5.75 Å². The molecule has 1 aromatic carbocycles. The largest absolute Gasteiger partial charge is 0.494 e. The van der Waals surface area contributed by atoms with Gasteiger partial charge in [-0.1, -0.05) is 15.9 Å². The smallest absolute Gasteiger partial charge is 0.165 e. The number of nitrogen functional groups attached to an aromatic ring is 1. The Morgan fingerprint density at radius 3 is 2.76 bits per heavy atom. The molecule has 0 unspecified atom stereocenters. The van der Waals surface area contributed by atoms with Crippen LogP contribution in [0.2, 0.25) is 0 Å². The molecule has 0 aliphatic heterocycles. The van der Waals surface area contributed by atoms with Gasteiger partial charge in [-0.15, -0.1) is 0 Å². The average Bonchev–Trinajstić information content (AvgIpc) is 2.90. The van der Waals surface area contributed by atoms with E-state index in [0.29, 0.717) is 17.9 Å². The highest BCUT2D eigenvalue weighted by Gasteiger charge is 2.07. The molecular formula is C14H14BrN5O. The van der Waals surface area contributed by atoms with Crippen LogP contribution in [-0.4, -0.2) is 26.1 Å². The molecule has 6 nitrogen and oxygen atoms in total. The first-order valence-electron chi connectivity index (χ1n) is 6.54. The summed E-state index contributed by atoms with van der Waals surface area (Å²) >= 11 is 3.39. The molecule has 3 aromatic rings. The van der Waals surface area contributed by atoms with Crippen LogP contribution in [0.3, 0.4) is 0 Å². The fourth-order valence-electron chi connectivity index (χ4n) is 2.02. The topological polar surface area (TPSA) is 78.9 Å². The second-order valence-electron chi connectivity index (χ2n) is 4.53. The maximum atomic E-state index is 5.76. The molecule has 7 heteroatoms. The molecule has 3 rings (SSSR count). The fourth-order valence-corrected chi connectivity index (χ4v) is 2.28. The van der Waals surface area contributed by atoms with Gasteiger partial charge in [0, 0.05) is 11.0 Å². The summed E-state index contributed by atoms with van der Waals surface area (Å²) in [6, 6.07) is 7.78. The molecule has 0 aliphatic rings. The van der Waals surface area contributed by atoms with Gasteiger partial charge in [-0.2, -0.15) is 0 Å². The van der Waals surface area contributed by atoms with Crippen LogP contribution >= 0.6 is 15.9 Å². The number of rotatable bonds is 5. The van der Waals surface area contributed by atoms with Crippen molar-refractivity contribution in [3.05, 3.63) is 41.4 Å². The van der Waals surface area contributed by atoms with Crippen LogP contribution < -0.4 is 10.5 Å². The SMILES string of the molecule is Nc1ncnc2c1ncn2CCCOc1ccc(Br)cc1. The third kappa shape index (κ3) is 3.13. The maximum Gasteiger partial charge on any atom is 0.165 e. The molecule has 0 atom stereocenters. The monoisotopic (exact) mass is 347 g/mol. The fraction of sp³-hybridized carbons (Fsp3) is 0.214. The van der Waals surface area contributed by atoms with Gasteiger partial charge in [0.1, 0.15) is 17.6 Å². The molecule has 0 fully saturated rings. The van der Waals surface area contributed by atoms with Crippen molar-refractivity contribution >= 4 is 32.9 Å². The van der Waals surface area contributed by atoms with E-state index in [2.05, 4.69) is 30.9 Å². The second kappa shape index (κ2) is 6.09. The van der Waals surface area contributed by atoms with Crippen LogP contribution in [0.1, 0.15) is 6.42 Å². The van der Waals surface area contributed by atoms with Gasteiger partial charge in [0.15, 0.2) is 11.5 Å². The number of aryl methyl sites for hydroxylation is 1. The summed E-state index contributed by atoms with van der Waals surface area (Å²) in [6.45, 7) is 1.39. The summed E-state index contributed by atoms with van der Waals surface area (Å²) in [5, 5.41) is 0. The molecule has 0 saturated heterocycles. The summed E-state index contributed by atoms with van der Waals surface area (Å²) in [4.78, 5) is 12.4. The zero-order chi connectivity index (χ0) is 14.7. The predicted molar refractivity (Wildman–Crippen MR) is 84.0 cm³/mol. The van der Waals surface area contributed by atoms with Gasteiger partial charge >= 0.3 is 0 Å². The zero-order valence-electron chi connectivity index (χ0n) is 11.2. The van der Waals surface area contributed by atoms with Crippen molar-refractivity contribution in [2.45, 2.75) is 13.0 Å². The molecule has 2 aromatic heterocycles. The van der Waals surface area contributed by atoms with Gasteiger partial charge in [-0.25, -0.2) is 15.0 Å². The third-order valence-electron chi connectivity index (χ3n) is 3.06. The summed E-state index contributed by atoms with van der Waals surface area (Å²) in [5.74, 6) is 1.27. The van der Waals surface area contributed by atoms with Crippen LogP contribution in [0.4, 0.5) is 5.82 Å². The predicted octanol–water partition coefficient (Wildman–Crippen LogP) is 2.64. The normalized spacial score (nSPS) is 10.9. The molecule has 108 valence electrons. The number of nitrogens with zero attached hydrogens (tertiary/aromatic N) is 4. The van der Waals surface area contributed by atoms with Crippen molar-refractivity contribution in [1.82, 2.24) is 19.5 Å². The number of hydrogen-bond acceptors (Lipinski definition) is 5. The number of nitrogens with two attached hydrogens (primary N) is 1. The van der Waals surface area contributed by atoms with Crippen LogP contribution in [-0.2, 0) is 6.54 Å². The van der Waals surface area contributed by atoms with E-state index in [4.69, 9.17) is 10.5 Å². The summed E-state index contributed by atoms with van der Waals surface area (Å²) in [7, 11) is 0. The van der Waals surface area contributed by atoms with E-state index in [1.807, 2.05) is 28.8 Å². The molecular weight excluding hydrogens is 334 g/mol. The lowest BCUT2D eigenvalue weighted by atomic mass is 10.3. The Labute approximate surface area is 130 Å². The average molecular weight is 348 g/mol. The van der Waals surface area contributed by atoms with Crippen molar-refractivity contribution in [1.29, 1.82) is 0 Å². The minimum Gasteiger partial charge on any atom is -0.494 e. The second-order valence-corrected chi connectivity index (χ2v) is 5.44. The first-order chi connectivity index (χ1) is 10.2. The summed E-state index contributed by atoms with van der Waals surface area (Å²) in [5.41, 5.74) is 7.16. The van der Waals surface area contributed by atoms with E-state index in [1.54, 1.807) is 6.33 Å². The number of imidazole rings is 1. The maximum absolute atomic E-state index is 5.76.